The Kier molecular flexibility index (Phi) is 6.82. The Morgan fingerprint density at radius 3 is 2.50 bits per heavy atom. The molecule has 0 spiro atoms. The summed E-state index contributed by atoms with van der Waals surface area (Å²) in [5, 5.41) is 0. The molecule has 2 nitrogen and oxygen atoms in total. The molecule has 0 aliphatic carbocycles. The van der Waals surface area contributed by atoms with Gasteiger partial charge in [-0.2, -0.15) is 0 Å². The molecule has 0 saturated heterocycles. The standard InChI is InChI=1S/C10H22N2/c1-4-6-7-8-9(3)12-10(11)5-2/h9H,4-8H2,1-3H3,(H2,11,12). The van der Waals surface area contributed by atoms with Gasteiger partial charge in [0.25, 0.3) is 0 Å². The van der Waals surface area contributed by atoms with Crippen molar-refractivity contribution in [1.29, 1.82) is 0 Å². The molecular formula is C10H22N2. The van der Waals surface area contributed by atoms with Crippen molar-refractivity contribution in [2.24, 2.45) is 10.7 Å². The molecular weight excluding hydrogens is 148 g/mol. The molecule has 0 heterocycles. The van der Waals surface area contributed by atoms with Gasteiger partial charge in [0.05, 0.1) is 5.84 Å². The second-order valence-electron chi connectivity index (χ2n) is 3.32. The second-order valence-corrected chi connectivity index (χ2v) is 3.32. The summed E-state index contributed by atoms with van der Waals surface area (Å²) in [6, 6.07) is 0.413. The average molecular weight is 170 g/mol. The lowest BCUT2D eigenvalue weighted by atomic mass is 10.1. The molecule has 12 heavy (non-hydrogen) atoms. The van der Waals surface area contributed by atoms with Gasteiger partial charge in [0, 0.05) is 12.5 Å². The lowest BCUT2D eigenvalue weighted by molar-refractivity contribution is 0.592. The van der Waals surface area contributed by atoms with E-state index in [9.17, 15) is 0 Å². The van der Waals surface area contributed by atoms with Crippen LogP contribution in [0.2, 0.25) is 0 Å². The van der Waals surface area contributed by atoms with Crippen LogP contribution in [0.5, 0.6) is 0 Å². The predicted octanol–water partition coefficient (Wildman–Crippen LogP) is 2.72. The molecule has 0 aliphatic rings. The maximum atomic E-state index is 5.63. The molecule has 2 N–H and O–H groups in total. The second kappa shape index (κ2) is 7.14. The largest absolute Gasteiger partial charge is 0.387 e. The van der Waals surface area contributed by atoms with Crippen molar-refractivity contribution in [3.63, 3.8) is 0 Å². The highest BCUT2D eigenvalue weighted by Crippen LogP contribution is 2.05. The van der Waals surface area contributed by atoms with Gasteiger partial charge in [0.2, 0.25) is 0 Å². The van der Waals surface area contributed by atoms with E-state index in [4.69, 9.17) is 5.73 Å². The van der Waals surface area contributed by atoms with Crippen LogP contribution in [0, 0.1) is 0 Å². The number of hydrogen-bond donors (Lipinski definition) is 1. The van der Waals surface area contributed by atoms with Crippen LogP contribution in [0.4, 0.5) is 0 Å². The third kappa shape index (κ3) is 6.20. The van der Waals surface area contributed by atoms with Crippen molar-refractivity contribution in [3.05, 3.63) is 0 Å². The fraction of sp³-hybridized carbons (Fsp3) is 0.900. The van der Waals surface area contributed by atoms with Crippen molar-refractivity contribution in [3.8, 4) is 0 Å². The van der Waals surface area contributed by atoms with Crippen LogP contribution in [0.25, 0.3) is 0 Å². The SMILES string of the molecule is CCCCCC(C)N=C(N)CC. The zero-order chi connectivity index (χ0) is 9.40. The molecule has 0 aromatic rings. The van der Waals surface area contributed by atoms with Crippen molar-refractivity contribution in [2.75, 3.05) is 0 Å². The van der Waals surface area contributed by atoms with E-state index in [1.807, 2.05) is 6.92 Å². The Morgan fingerprint density at radius 2 is 2.00 bits per heavy atom. The minimum atomic E-state index is 0.413. The van der Waals surface area contributed by atoms with Gasteiger partial charge in [0.1, 0.15) is 0 Å². The van der Waals surface area contributed by atoms with E-state index in [0.717, 1.165) is 12.3 Å². The topological polar surface area (TPSA) is 38.4 Å². The minimum Gasteiger partial charge on any atom is -0.387 e. The number of aliphatic imine (C=N–C) groups is 1. The third-order valence-electron chi connectivity index (χ3n) is 1.97. The Hall–Kier alpha value is -0.530. The lowest BCUT2D eigenvalue weighted by Crippen LogP contribution is -2.13. The number of amidine groups is 1. The molecule has 0 fully saturated rings. The summed E-state index contributed by atoms with van der Waals surface area (Å²) in [5.74, 6) is 0.791. The number of unbranched alkanes of at least 4 members (excludes halogenated alkanes) is 2. The van der Waals surface area contributed by atoms with Gasteiger partial charge in [-0.1, -0.05) is 33.1 Å². The molecule has 0 saturated carbocycles. The van der Waals surface area contributed by atoms with Gasteiger partial charge in [0.15, 0.2) is 0 Å². The molecule has 0 aromatic carbocycles. The Balaban J connectivity index is 3.51. The molecule has 1 atom stereocenters. The fourth-order valence-electron chi connectivity index (χ4n) is 1.13. The van der Waals surface area contributed by atoms with Crippen LogP contribution in [0.3, 0.4) is 0 Å². The smallest absolute Gasteiger partial charge is 0.0937 e. The van der Waals surface area contributed by atoms with Crippen molar-refractivity contribution < 1.29 is 0 Å². The molecule has 1 unspecified atom stereocenters. The normalized spacial score (nSPS) is 14.8. The average Bonchev–Trinajstić information content (AvgIpc) is 2.05. The Labute approximate surface area is 76.3 Å². The van der Waals surface area contributed by atoms with Crippen LogP contribution in [-0.4, -0.2) is 11.9 Å². The fourth-order valence-corrected chi connectivity index (χ4v) is 1.13. The van der Waals surface area contributed by atoms with Crippen LogP contribution in [0.15, 0.2) is 4.99 Å². The minimum absolute atomic E-state index is 0.413. The van der Waals surface area contributed by atoms with E-state index < -0.39 is 0 Å². The maximum absolute atomic E-state index is 5.63. The van der Waals surface area contributed by atoms with E-state index in [-0.39, 0.29) is 0 Å². The number of hydrogen-bond acceptors (Lipinski definition) is 1. The van der Waals surface area contributed by atoms with Gasteiger partial charge in [-0.3, -0.25) is 4.99 Å². The molecule has 0 aliphatic heterocycles. The summed E-state index contributed by atoms with van der Waals surface area (Å²) in [7, 11) is 0. The summed E-state index contributed by atoms with van der Waals surface area (Å²) in [5.41, 5.74) is 5.63. The van der Waals surface area contributed by atoms with E-state index >= 15 is 0 Å². The molecule has 2 heteroatoms. The first-order valence-corrected chi connectivity index (χ1v) is 5.02. The molecule has 0 aromatic heterocycles. The Morgan fingerprint density at radius 1 is 1.33 bits per heavy atom. The molecule has 0 radical (unpaired) electrons. The van der Waals surface area contributed by atoms with Gasteiger partial charge in [-0.15, -0.1) is 0 Å². The lowest BCUT2D eigenvalue weighted by Gasteiger charge is -2.06. The van der Waals surface area contributed by atoms with E-state index in [2.05, 4.69) is 18.8 Å². The van der Waals surface area contributed by atoms with Crippen LogP contribution in [-0.2, 0) is 0 Å². The maximum Gasteiger partial charge on any atom is 0.0937 e. The summed E-state index contributed by atoms with van der Waals surface area (Å²) >= 11 is 0. The van der Waals surface area contributed by atoms with E-state index in [1.54, 1.807) is 0 Å². The first-order chi connectivity index (χ1) is 5.70. The summed E-state index contributed by atoms with van der Waals surface area (Å²) in [4.78, 5) is 4.36. The van der Waals surface area contributed by atoms with Crippen molar-refractivity contribution in [2.45, 2.75) is 58.9 Å². The summed E-state index contributed by atoms with van der Waals surface area (Å²) < 4.78 is 0. The first kappa shape index (κ1) is 11.5. The number of nitrogens with zero attached hydrogens (tertiary/aromatic N) is 1. The highest BCUT2D eigenvalue weighted by molar-refractivity contribution is 5.80. The zero-order valence-corrected chi connectivity index (χ0v) is 8.64. The van der Waals surface area contributed by atoms with Crippen molar-refractivity contribution in [1.82, 2.24) is 0 Å². The van der Waals surface area contributed by atoms with E-state index in [1.165, 1.54) is 25.7 Å². The van der Waals surface area contributed by atoms with Gasteiger partial charge in [-0.25, -0.2) is 0 Å². The predicted molar refractivity (Wildman–Crippen MR) is 55.5 cm³/mol. The molecule has 0 rings (SSSR count). The van der Waals surface area contributed by atoms with Gasteiger partial charge < -0.3 is 5.73 Å². The zero-order valence-electron chi connectivity index (χ0n) is 8.64. The third-order valence-corrected chi connectivity index (χ3v) is 1.97. The van der Waals surface area contributed by atoms with Crippen LogP contribution >= 0.6 is 0 Å². The Bertz CT molecular complexity index is 130. The van der Waals surface area contributed by atoms with Gasteiger partial charge >= 0.3 is 0 Å². The summed E-state index contributed by atoms with van der Waals surface area (Å²) in [6.45, 7) is 6.39. The van der Waals surface area contributed by atoms with Crippen LogP contribution < -0.4 is 5.73 Å². The molecule has 72 valence electrons. The quantitative estimate of drug-likeness (QED) is 0.371. The summed E-state index contributed by atoms with van der Waals surface area (Å²) in [6.07, 6.45) is 5.91. The molecule has 0 bridgehead atoms. The highest BCUT2D eigenvalue weighted by atomic mass is 14.9. The number of rotatable bonds is 6. The van der Waals surface area contributed by atoms with E-state index in [0.29, 0.717) is 6.04 Å². The molecule has 0 amide bonds. The van der Waals surface area contributed by atoms with Crippen molar-refractivity contribution >= 4 is 5.84 Å². The van der Waals surface area contributed by atoms with Gasteiger partial charge in [-0.05, 0) is 13.3 Å². The highest BCUT2D eigenvalue weighted by Gasteiger charge is 1.98. The van der Waals surface area contributed by atoms with Crippen LogP contribution in [0.1, 0.15) is 52.9 Å². The first-order valence-electron chi connectivity index (χ1n) is 5.02. The monoisotopic (exact) mass is 170 g/mol. The number of nitrogens with two attached hydrogens (primary N) is 1.